The lowest BCUT2D eigenvalue weighted by Crippen LogP contribution is -2.30. The molecule has 0 spiro atoms. The predicted octanol–water partition coefficient (Wildman–Crippen LogP) is 15.2. The van der Waals surface area contributed by atoms with Crippen molar-refractivity contribution < 1.29 is 23.8 Å². The topological polar surface area (TPSA) is 61.8 Å². The van der Waals surface area contributed by atoms with Crippen molar-refractivity contribution in [2.45, 2.75) is 232 Å². The van der Waals surface area contributed by atoms with Gasteiger partial charge in [-0.2, -0.15) is 0 Å². The van der Waals surface area contributed by atoms with E-state index in [2.05, 4.69) is 69.4 Å². The number of unbranched alkanes of at least 4 members (excludes halogenated alkanes) is 23. The first-order valence-electron chi connectivity index (χ1n) is 23.2. The molecule has 0 saturated carbocycles. The van der Waals surface area contributed by atoms with Gasteiger partial charge in [-0.05, 0) is 77.0 Å². The molecular weight excluding hydrogens is 669 g/mol. The average Bonchev–Trinajstić information content (AvgIpc) is 3.17. The minimum atomic E-state index is -0.538. The van der Waals surface area contributed by atoms with E-state index < -0.39 is 6.10 Å². The standard InChI is InChI=1S/C49H88O5/c1-4-7-10-13-15-17-19-21-23-25-26-28-30-32-34-37-39-42-48(50)53-46-47(54-49(51)43-40-36-12-9-6-3)45-52-44-41-38-35-33-31-29-27-24-22-20-18-16-14-11-8-5-2/h8,11,16,18,21-24,47H,4-7,9-10,12-15,17,19-20,25-46H2,1-3H3/b11-8-,18-16-,23-21-,24-22-. The van der Waals surface area contributed by atoms with Gasteiger partial charge in [0.05, 0.1) is 6.61 Å². The largest absolute Gasteiger partial charge is 0.462 e. The van der Waals surface area contributed by atoms with Crippen molar-refractivity contribution >= 4 is 11.9 Å². The van der Waals surface area contributed by atoms with E-state index in [0.29, 0.717) is 19.4 Å². The summed E-state index contributed by atoms with van der Waals surface area (Å²) in [4.78, 5) is 25.0. The summed E-state index contributed by atoms with van der Waals surface area (Å²) in [7, 11) is 0. The van der Waals surface area contributed by atoms with Crippen LogP contribution in [0.1, 0.15) is 226 Å². The third kappa shape index (κ3) is 42.6. The van der Waals surface area contributed by atoms with Crippen molar-refractivity contribution in [2.24, 2.45) is 0 Å². The highest BCUT2D eigenvalue weighted by molar-refractivity contribution is 5.70. The van der Waals surface area contributed by atoms with Gasteiger partial charge in [0.15, 0.2) is 6.10 Å². The molecule has 5 nitrogen and oxygen atoms in total. The molecular formula is C49H88O5. The number of rotatable bonds is 42. The molecule has 0 N–H and O–H groups in total. The van der Waals surface area contributed by atoms with Crippen molar-refractivity contribution in [3.05, 3.63) is 48.6 Å². The zero-order valence-corrected chi connectivity index (χ0v) is 36.0. The van der Waals surface area contributed by atoms with E-state index in [1.807, 2.05) is 0 Å². The smallest absolute Gasteiger partial charge is 0.306 e. The Labute approximate surface area is 335 Å². The molecule has 0 saturated heterocycles. The summed E-state index contributed by atoms with van der Waals surface area (Å²) in [5.74, 6) is -0.419. The Morgan fingerprint density at radius 1 is 0.426 bits per heavy atom. The maximum atomic E-state index is 12.5. The van der Waals surface area contributed by atoms with Crippen LogP contribution in [0.15, 0.2) is 48.6 Å². The first kappa shape index (κ1) is 51.9. The first-order valence-corrected chi connectivity index (χ1v) is 23.2. The second-order valence-corrected chi connectivity index (χ2v) is 15.3. The lowest BCUT2D eigenvalue weighted by Gasteiger charge is -2.18. The first-order chi connectivity index (χ1) is 26.6. The molecule has 0 bridgehead atoms. The van der Waals surface area contributed by atoms with E-state index in [1.54, 1.807) is 0 Å². The Morgan fingerprint density at radius 3 is 1.35 bits per heavy atom. The number of hydrogen-bond donors (Lipinski definition) is 0. The fourth-order valence-corrected chi connectivity index (χ4v) is 6.40. The molecule has 0 fully saturated rings. The van der Waals surface area contributed by atoms with Crippen LogP contribution in [0.25, 0.3) is 0 Å². The van der Waals surface area contributed by atoms with Gasteiger partial charge in [0.25, 0.3) is 0 Å². The van der Waals surface area contributed by atoms with Crippen LogP contribution in [0.5, 0.6) is 0 Å². The SMILES string of the molecule is CC/C=C\C/C=C\C/C=C\CCCCCCCCOCC(COC(=O)CCCCCCCCC/C=C\CCCCCCCC)OC(=O)CCCCCCC. The fourth-order valence-electron chi connectivity index (χ4n) is 6.40. The normalized spacial score (nSPS) is 12.6. The Hall–Kier alpha value is -2.14. The van der Waals surface area contributed by atoms with Crippen LogP contribution in [0.2, 0.25) is 0 Å². The van der Waals surface area contributed by atoms with Gasteiger partial charge in [0.1, 0.15) is 6.61 Å². The summed E-state index contributed by atoms with van der Waals surface area (Å²) in [6.07, 6.45) is 54.2. The summed E-state index contributed by atoms with van der Waals surface area (Å²) < 4.78 is 17.2. The minimum Gasteiger partial charge on any atom is -0.462 e. The summed E-state index contributed by atoms with van der Waals surface area (Å²) in [6.45, 7) is 7.62. The Balaban J connectivity index is 4.06. The van der Waals surface area contributed by atoms with Crippen molar-refractivity contribution in [1.82, 2.24) is 0 Å². The van der Waals surface area contributed by atoms with E-state index in [9.17, 15) is 9.59 Å². The lowest BCUT2D eigenvalue weighted by molar-refractivity contribution is -0.163. The van der Waals surface area contributed by atoms with Crippen molar-refractivity contribution in [2.75, 3.05) is 19.8 Å². The van der Waals surface area contributed by atoms with Crippen molar-refractivity contribution in [3.8, 4) is 0 Å². The summed E-state index contributed by atoms with van der Waals surface area (Å²) >= 11 is 0. The van der Waals surface area contributed by atoms with Crippen LogP contribution < -0.4 is 0 Å². The van der Waals surface area contributed by atoms with Gasteiger partial charge in [-0.25, -0.2) is 0 Å². The summed E-state index contributed by atoms with van der Waals surface area (Å²) in [6, 6.07) is 0. The van der Waals surface area contributed by atoms with Crippen LogP contribution in [0.4, 0.5) is 0 Å². The highest BCUT2D eigenvalue weighted by Gasteiger charge is 2.17. The molecule has 1 unspecified atom stereocenters. The number of esters is 2. The van der Waals surface area contributed by atoms with Gasteiger partial charge < -0.3 is 14.2 Å². The molecule has 0 rings (SSSR count). The molecule has 314 valence electrons. The van der Waals surface area contributed by atoms with Gasteiger partial charge >= 0.3 is 11.9 Å². The van der Waals surface area contributed by atoms with Gasteiger partial charge in [-0.1, -0.05) is 185 Å². The molecule has 0 aromatic heterocycles. The number of hydrogen-bond acceptors (Lipinski definition) is 5. The molecule has 0 heterocycles. The van der Waals surface area contributed by atoms with Crippen molar-refractivity contribution in [3.63, 3.8) is 0 Å². The lowest BCUT2D eigenvalue weighted by atomic mass is 10.1. The molecule has 1 atom stereocenters. The maximum Gasteiger partial charge on any atom is 0.306 e. The quantitative estimate of drug-likeness (QED) is 0.0353. The number of allylic oxidation sites excluding steroid dienone is 8. The van der Waals surface area contributed by atoms with Gasteiger partial charge in [0.2, 0.25) is 0 Å². The van der Waals surface area contributed by atoms with E-state index in [-0.39, 0.29) is 25.2 Å². The molecule has 54 heavy (non-hydrogen) atoms. The zero-order chi connectivity index (χ0) is 39.3. The zero-order valence-electron chi connectivity index (χ0n) is 36.0. The Kier molecular flexibility index (Phi) is 43.5. The van der Waals surface area contributed by atoms with Crippen LogP contribution in [0, 0.1) is 0 Å². The minimum absolute atomic E-state index is 0.0782. The van der Waals surface area contributed by atoms with Gasteiger partial charge in [0, 0.05) is 19.4 Å². The molecule has 0 aliphatic heterocycles. The Bertz CT molecular complexity index is 904. The monoisotopic (exact) mass is 757 g/mol. The van der Waals surface area contributed by atoms with Crippen LogP contribution >= 0.6 is 0 Å². The van der Waals surface area contributed by atoms with Crippen LogP contribution in [0.3, 0.4) is 0 Å². The molecule has 0 amide bonds. The highest BCUT2D eigenvalue weighted by atomic mass is 16.6. The molecule has 0 aliphatic rings. The molecule has 0 aromatic rings. The fraction of sp³-hybridized carbons (Fsp3) is 0.796. The third-order valence-electron chi connectivity index (χ3n) is 9.85. The van der Waals surface area contributed by atoms with E-state index in [4.69, 9.17) is 14.2 Å². The number of carbonyl (C=O) groups excluding carboxylic acids is 2. The molecule has 0 aromatic carbocycles. The third-order valence-corrected chi connectivity index (χ3v) is 9.85. The summed E-state index contributed by atoms with van der Waals surface area (Å²) in [5.41, 5.74) is 0. The molecule has 0 radical (unpaired) electrons. The number of ether oxygens (including phenoxy) is 3. The van der Waals surface area contributed by atoms with Crippen molar-refractivity contribution in [1.29, 1.82) is 0 Å². The van der Waals surface area contributed by atoms with Gasteiger partial charge in [-0.15, -0.1) is 0 Å². The second-order valence-electron chi connectivity index (χ2n) is 15.3. The van der Waals surface area contributed by atoms with Gasteiger partial charge in [-0.3, -0.25) is 9.59 Å². The molecule has 5 heteroatoms. The second kappa shape index (κ2) is 45.3. The Morgan fingerprint density at radius 2 is 0.833 bits per heavy atom. The molecule has 0 aliphatic carbocycles. The highest BCUT2D eigenvalue weighted by Crippen LogP contribution is 2.13. The predicted molar refractivity (Wildman–Crippen MR) is 233 cm³/mol. The van der Waals surface area contributed by atoms with E-state index in [1.165, 1.54) is 122 Å². The van der Waals surface area contributed by atoms with Crippen LogP contribution in [-0.2, 0) is 23.8 Å². The number of carbonyl (C=O) groups is 2. The van der Waals surface area contributed by atoms with E-state index >= 15 is 0 Å². The van der Waals surface area contributed by atoms with E-state index in [0.717, 1.165) is 70.6 Å². The summed E-state index contributed by atoms with van der Waals surface area (Å²) in [5, 5.41) is 0. The maximum absolute atomic E-state index is 12.5. The average molecular weight is 757 g/mol. The van der Waals surface area contributed by atoms with Crippen LogP contribution in [-0.4, -0.2) is 37.9 Å².